The number of nitrogens with two attached hydrogens (primary N) is 1. The van der Waals surface area contributed by atoms with Crippen molar-refractivity contribution >= 4 is 27.7 Å². The molecule has 1 rings (SSSR count). The van der Waals surface area contributed by atoms with Crippen LogP contribution in [0.2, 0.25) is 0 Å². The lowest BCUT2D eigenvalue weighted by Crippen LogP contribution is -2.35. The summed E-state index contributed by atoms with van der Waals surface area (Å²) in [7, 11) is 0. The van der Waals surface area contributed by atoms with Gasteiger partial charge in [0.15, 0.2) is 0 Å². The van der Waals surface area contributed by atoms with Gasteiger partial charge in [-0.1, -0.05) is 6.92 Å². The molecule has 1 amide bonds. The Balaban J connectivity index is 2.87. The van der Waals surface area contributed by atoms with Crippen LogP contribution in [0.25, 0.3) is 0 Å². The zero-order valence-corrected chi connectivity index (χ0v) is 10.2. The third-order valence-electron chi connectivity index (χ3n) is 1.93. The Bertz CT molecular complexity index is 369. The van der Waals surface area contributed by atoms with Crippen LogP contribution < -0.4 is 11.1 Å². The first-order chi connectivity index (χ1) is 7.04. The second-order valence-electron chi connectivity index (χ2n) is 3.12. The molecule has 0 saturated heterocycles. The van der Waals surface area contributed by atoms with Gasteiger partial charge in [0.25, 0.3) is 0 Å². The van der Waals surface area contributed by atoms with Crippen LogP contribution in [0.4, 0.5) is 5.82 Å². The SMILES string of the molecule is CCC(Nc1nc(C)ncc1Br)C(N)=O. The highest BCUT2D eigenvalue weighted by Gasteiger charge is 2.14. The van der Waals surface area contributed by atoms with Crippen LogP contribution in [0.5, 0.6) is 0 Å². The van der Waals surface area contributed by atoms with Crippen molar-refractivity contribution in [3.05, 3.63) is 16.5 Å². The summed E-state index contributed by atoms with van der Waals surface area (Å²) in [4.78, 5) is 19.2. The van der Waals surface area contributed by atoms with Crippen LogP contribution in [0.15, 0.2) is 10.7 Å². The maximum Gasteiger partial charge on any atom is 0.239 e. The number of rotatable bonds is 4. The van der Waals surface area contributed by atoms with E-state index < -0.39 is 6.04 Å². The van der Waals surface area contributed by atoms with Gasteiger partial charge >= 0.3 is 0 Å². The summed E-state index contributed by atoms with van der Waals surface area (Å²) in [5.41, 5.74) is 5.22. The van der Waals surface area contributed by atoms with Gasteiger partial charge in [0.2, 0.25) is 5.91 Å². The summed E-state index contributed by atoms with van der Waals surface area (Å²) in [6, 6.07) is -0.407. The Hall–Kier alpha value is -1.17. The second-order valence-corrected chi connectivity index (χ2v) is 3.98. The van der Waals surface area contributed by atoms with Gasteiger partial charge in [-0.05, 0) is 29.3 Å². The monoisotopic (exact) mass is 272 g/mol. The van der Waals surface area contributed by atoms with Crippen molar-refractivity contribution in [2.45, 2.75) is 26.3 Å². The van der Waals surface area contributed by atoms with E-state index in [1.54, 1.807) is 13.1 Å². The van der Waals surface area contributed by atoms with Crippen molar-refractivity contribution in [3.63, 3.8) is 0 Å². The van der Waals surface area contributed by atoms with Crippen LogP contribution in [0.3, 0.4) is 0 Å². The van der Waals surface area contributed by atoms with Crippen LogP contribution in [-0.4, -0.2) is 21.9 Å². The van der Waals surface area contributed by atoms with Gasteiger partial charge in [0.1, 0.15) is 17.7 Å². The molecule has 0 aliphatic heterocycles. The van der Waals surface area contributed by atoms with E-state index in [4.69, 9.17) is 5.73 Å². The molecule has 0 fully saturated rings. The molecule has 0 radical (unpaired) electrons. The molecular weight excluding hydrogens is 260 g/mol. The van der Waals surface area contributed by atoms with E-state index in [1.165, 1.54) is 0 Å². The quantitative estimate of drug-likeness (QED) is 0.864. The molecule has 0 spiro atoms. The number of hydrogen-bond acceptors (Lipinski definition) is 4. The molecule has 82 valence electrons. The predicted molar refractivity (Wildman–Crippen MR) is 61.4 cm³/mol. The summed E-state index contributed by atoms with van der Waals surface area (Å²) in [6.07, 6.45) is 2.25. The molecule has 0 aliphatic rings. The van der Waals surface area contributed by atoms with E-state index in [1.807, 2.05) is 6.92 Å². The molecule has 0 aromatic carbocycles. The van der Waals surface area contributed by atoms with Gasteiger partial charge in [-0.25, -0.2) is 9.97 Å². The molecule has 1 aromatic heterocycles. The lowest BCUT2D eigenvalue weighted by atomic mass is 10.2. The van der Waals surface area contributed by atoms with Crippen molar-refractivity contribution in [2.24, 2.45) is 5.73 Å². The molecule has 1 heterocycles. The highest BCUT2D eigenvalue weighted by atomic mass is 79.9. The van der Waals surface area contributed by atoms with Gasteiger partial charge in [-0.3, -0.25) is 4.79 Å². The van der Waals surface area contributed by atoms with Gasteiger partial charge in [-0.2, -0.15) is 0 Å². The molecule has 5 nitrogen and oxygen atoms in total. The Morgan fingerprint density at radius 1 is 1.73 bits per heavy atom. The topological polar surface area (TPSA) is 80.9 Å². The first-order valence-corrected chi connectivity index (χ1v) is 5.39. The molecule has 0 saturated carbocycles. The van der Waals surface area contributed by atoms with Crippen molar-refractivity contribution < 1.29 is 4.79 Å². The fourth-order valence-corrected chi connectivity index (χ4v) is 1.40. The fraction of sp³-hybridized carbons (Fsp3) is 0.444. The Morgan fingerprint density at radius 3 is 2.93 bits per heavy atom. The minimum atomic E-state index is -0.407. The molecule has 1 atom stereocenters. The molecule has 0 aliphatic carbocycles. The summed E-state index contributed by atoms with van der Waals surface area (Å²) in [6.45, 7) is 3.66. The van der Waals surface area contributed by atoms with Crippen LogP contribution in [-0.2, 0) is 4.79 Å². The summed E-state index contributed by atoms with van der Waals surface area (Å²) in [5, 5.41) is 2.96. The first kappa shape index (κ1) is 11.9. The Labute approximate surface area is 96.6 Å². The van der Waals surface area contributed by atoms with Gasteiger partial charge in [0.05, 0.1) is 4.47 Å². The number of hydrogen-bond donors (Lipinski definition) is 2. The lowest BCUT2D eigenvalue weighted by Gasteiger charge is -2.14. The van der Waals surface area contributed by atoms with E-state index in [9.17, 15) is 4.79 Å². The molecule has 1 unspecified atom stereocenters. The average Bonchev–Trinajstić information content (AvgIpc) is 2.18. The van der Waals surface area contributed by atoms with Crippen LogP contribution >= 0.6 is 15.9 Å². The number of amides is 1. The number of carbonyl (C=O) groups excluding carboxylic acids is 1. The van der Waals surface area contributed by atoms with Crippen LogP contribution in [0.1, 0.15) is 19.2 Å². The van der Waals surface area contributed by atoms with Gasteiger partial charge < -0.3 is 11.1 Å². The Kier molecular flexibility index (Phi) is 4.02. The number of carbonyl (C=O) groups is 1. The molecule has 3 N–H and O–H groups in total. The zero-order valence-electron chi connectivity index (χ0n) is 8.62. The van der Waals surface area contributed by atoms with Crippen molar-refractivity contribution in [1.29, 1.82) is 0 Å². The largest absolute Gasteiger partial charge is 0.368 e. The number of nitrogens with one attached hydrogen (secondary N) is 1. The van der Waals surface area contributed by atoms with Crippen molar-refractivity contribution in [2.75, 3.05) is 5.32 Å². The average molecular weight is 273 g/mol. The van der Waals surface area contributed by atoms with Crippen molar-refractivity contribution in [3.8, 4) is 0 Å². The van der Waals surface area contributed by atoms with Crippen molar-refractivity contribution in [1.82, 2.24) is 9.97 Å². The number of primary amides is 1. The van der Waals surface area contributed by atoms with Gasteiger partial charge in [0, 0.05) is 6.20 Å². The molecule has 0 bridgehead atoms. The number of aromatic nitrogens is 2. The van der Waals surface area contributed by atoms with E-state index in [-0.39, 0.29) is 5.91 Å². The number of anilines is 1. The van der Waals surface area contributed by atoms with Gasteiger partial charge in [-0.15, -0.1) is 0 Å². The minimum absolute atomic E-state index is 0.388. The maximum absolute atomic E-state index is 11.0. The highest BCUT2D eigenvalue weighted by molar-refractivity contribution is 9.10. The first-order valence-electron chi connectivity index (χ1n) is 4.59. The zero-order chi connectivity index (χ0) is 11.4. The van der Waals surface area contributed by atoms with E-state index in [0.717, 1.165) is 0 Å². The second kappa shape index (κ2) is 5.06. The standard InChI is InChI=1S/C9H13BrN4O/c1-3-7(8(11)15)14-9-6(10)4-12-5(2)13-9/h4,7H,3H2,1-2H3,(H2,11,15)(H,12,13,14). The normalized spacial score (nSPS) is 12.2. The lowest BCUT2D eigenvalue weighted by molar-refractivity contribution is -0.118. The summed E-state index contributed by atoms with van der Waals surface area (Å²) in [5.74, 6) is 0.842. The number of nitrogens with zero attached hydrogens (tertiary/aromatic N) is 2. The van der Waals surface area contributed by atoms with E-state index in [2.05, 4.69) is 31.2 Å². The third kappa shape index (κ3) is 3.16. The maximum atomic E-state index is 11.0. The number of aryl methyl sites for hydroxylation is 1. The smallest absolute Gasteiger partial charge is 0.239 e. The molecular formula is C9H13BrN4O. The Morgan fingerprint density at radius 2 is 2.40 bits per heavy atom. The van der Waals surface area contributed by atoms with Crippen LogP contribution in [0, 0.1) is 6.92 Å². The number of halogens is 1. The summed E-state index contributed by atoms with van der Waals surface area (Å²) >= 11 is 3.30. The highest BCUT2D eigenvalue weighted by Crippen LogP contribution is 2.19. The fourth-order valence-electron chi connectivity index (χ4n) is 1.10. The third-order valence-corrected chi connectivity index (χ3v) is 2.51. The molecule has 1 aromatic rings. The summed E-state index contributed by atoms with van der Waals surface area (Å²) < 4.78 is 0.716. The van der Waals surface area contributed by atoms with E-state index in [0.29, 0.717) is 22.5 Å². The predicted octanol–water partition coefficient (Wildman–Crippen LogP) is 1.22. The van der Waals surface area contributed by atoms with E-state index >= 15 is 0 Å². The minimum Gasteiger partial charge on any atom is -0.368 e. The molecule has 15 heavy (non-hydrogen) atoms. The molecule has 6 heteroatoms.